The maximum Gasteiger partial charge on any atom is 0.407 e. The van der Waals surface area contributed by atoms with Gasteiger partial charge < -0.3 is 15.4 Å². The summed E-state index contributed by atoms with van der Waals surface area (Å²) < 4.78 is 5.27. The molecule has 4 nitrogen and oxygen atoms in total. The number of hydrogen-bond donors (Lipinski definition) is 2. The minimum Gasteiger partial charge on any atom is -0.444 e. The second-order valence-corrected chi connectivity index (χ2v) is 6.52. The first-order valence-electron chi connectivity index (χ1n) is 6.59. The fraction of sp³-hybridized carbons (Fsp3) is 0.923. The Morgan fingerprint density at radius 1 is 1.29 bits per heavy atom. The van der Waals surface area contributed by atoms with Gasteiger partial charge in [0.15, 0.2) is 0 Å². The minimum atomic E-state index is -0.405. The topological polar surface area (TPSA) is 50.4 Å². The van der Waals surface area contributed by atoms with E-state index in [1.807, 2.05) is 20.8 Å². The zero-order chi connectivity index (χ0) is 12.5. The van der Waals surface area contributed by atoms with Gasteiger partial charge in [0.25, 0.3) is 0 Å². The lowest BCUT2D eigenvalue weighted by atomic mass is 9.68. The maximum atomic E-state index is 11.6. The summed E-state index contributed by atoms with van der Waals surface area (Å²) in [6.07, 6.45) is 4.34. The third kappa shape index (κ3) is 3.35. The van der Waals surface area contributed by atoms with Gasteiger partial charge in [-0.15, -0.1) is 0 Å². The van der Waals surface area contributed by atoms with E-state index < -0.39 is 5.60 Å². The Morgan fingerprint density at radius 2 is 1.88 bits per heavy atom. The normalized spacial score (nSPS) is 24.2. The second-order valence-electron chi connectivity index (χ2n) is 6.52. The summed E-state index contributed by atoms with van der Waals surface area (Å²) in [6, 6.07) is 0.302. The summed E-state index contributed by atoms with van der Waals surface area (Å²) in [5.74, 6) is 0. The van der Waals surface area contributed by atoms with Gasteiger partial charge in [0, 0.05) is 19.1 Å². The van der Waals surface area contributed by atoms with Gasteiger partial charge in [-0.3, -0.25) is 0 Å². The molecular formula is C13H24N2O2. The average Bonchev–Trinajstić information content (AvgIpc) is 2.13. The third-order valence-corrected chi connectivity index (χ3v) is 3.77. The lowest BCUT2D eigenvalue weighted by molar-refractivity contribution is 0.0431. The van der Waals surface area contributed by atoms with Crippen LogP contribution in [0.2, 0.25) is 0 Å². The third-order valence-electron chi connectivity index (χ3n) is 3.77. The largest absolute Gasteiger partial charge is 0.444 e. The molecule has 0 aromatic carbocycles. The van der Waals surface area contributed by atoms with Crippen molar-refractivity contribution in [3.05, 3.63) is 0 Å². The molecular weight excluding hydrogens is 216 g/mol. The summed E-state index contributed by atoms with van der Waals surface area (Å²) in [7, 11) is 0. The molecule has 0 aromatic heterocycles. The predicted molar refractivity (Wildman–Crippen MR) is 66.9 cm³/mol. The van der Waals surface area contributed by atoms with Crippen LogP contribution in [0.25, 0.3) is 0 Å². The number of carbonyl (C=O) groups excluding carboxylic acids is 1. The number of nitrogens with one attached hydrogen (secondary N) is 2. The van der Waals surface area contributed by atoms with Crippen LogP contribution in [0.1, 0.15) is 46.5 Å². The molecule has 1 heterocycles. The highest BCUT2D eigenvalue weighted by atomic mass is 16.6. The van der Waals surface area contributed by atoms with E-state index in [2.05, 4.69) is 10.6 Å². The highest BCUT2D eigenvalue weighted by Gasteiger charge is 2.40. The Balaban J connectivity index is 1.72. The molecule has 2 aliphatic rings. The standard InChI is InChI=1S/C13H24N2O2/c1-12(2,3)17-11(16)15-10-4-6-13(7-5-10)8-14-9-13/h10,14H,4-9H2,1-3H3,(H,15,16). The zero-order valence-corrected chi connectivity index (χ0v) is 11.1. The number of alkyl carbamates (subject to hydrolysis) is 1. The van der Waals surface area contributed by atoms with Gasteiger partial charge in [-0.2, -0.15) is 0 Å². The molecule has 2 N–H and O–H groups in total. The first kappa shape index (κ1) is 12.7. The summed E-state index contributed by atoms with van der Waals surface area (Å²) in [6.45, 7) is 7.99. The Morgan fingerprint density at radius 3 is 2.29 bits per heavy atom. The Bertz CT molecular complexity index is 282. The molecule has 4 heteroatoms. The van der Waals surface area contributed by atoms with E-state index in [1.54, 1.807) is 0 Å². The molecule has 2 rings (SSSR count). The van der Waals surface area contributed by atoms with Crippen molar-refractivity contribution in [1.82, 2.24) is 10.6 Å². The number of carbonyl (C=O) groups is 1. The van der Waals surface area contributed by atoms with Crippen LogP contribution < -0.4 is 10.6 Å². The summed E-state index contributed by atoms with van der Waals surface area (Å²) in [5, 5.41) is 6.33. The molecule has 0 bridgehead atoms. The van der Waals surface area contributed by atoms with Gasteiger partial charge >= 0.3 is 6.09 Å². The number of amides is 1. The Hall–Kier alpha value is -0.770. The van der Waals surface area contributed by atoms with Crippen molar-refractivity contribution in [3.8, 4) is 0 Å². The van der Waals surface area contributed by atoms with E-state index >= 15 is 0 Å². The molecule has 2 fully saturated rings. The van der Waals surface area contributed by atoms with Gasteiger partial charge in [0.2, 0.25) is 0 Å². The van der Waals surface area contributed by atoms with Crippen molar-refractivity contribution in [2.24, 2.45) is 5.41 Å². The molecule has 1 aliphatic carbocycles. The van der Waals surface area contributed by atoms with E-state index in [0.29, 0.717) is 11.5 Å². The van der Waals surface area contributed by atoms with E-state index in [-0.39, 0.29) is 6.09 Å². The van der Waals surface area contributed by atoms with E-state index in [9.17, 15) is 4.79 Å². The molecule has 1 spiro atoms. The van der Waals surface area contributed by atoms with Crippen LogP contribution in [0, 0.1) is 5.41 Å². The predicted octanol–water partition coefficient (Wildman–Crippen LogP) is 2.04. The maximum absolute atomic E-state index is 11.6. The number of hydrogen-bond acceptors (Lipinski definition) is 3. The van der Waals surface area contributed by atoms with Crippen LogP contribution in [-0.4, -0.2) is 30.8 Å². The van der Waals surface area contributed by atoms with Crippen LogP contribution in [0.15, 0.2) is 0 Å². The quantitative estimate of drug-likeness (QED) is 0.737. The number of rotatable bonds is 1. The zero-order valence-electron chi connectivity index (χ0n) is 11.1. The van der Waals surface area contributed by atoms with Gasteiger partial charge in [-0.05, 0) is 51.9 Å². The van der Waals surface area contributed by atoms with Crippen molar-refractivity contribution in [3.63, 3.8) is 0 Å². The highest BCUT2D eigenvalue weighted by molar-refractivity contribution is 5.68. The molecule has 98 valence electrons. The first-order valence-corrected chi connectivity index (χ1v) is 6.59. The summed E-state index contributed by atoms with van der Waals surface area (Å²) >= 11 is 0. The van der Waals surface area contributed by atoms with Gasteiger partial charge in [-0.1, -0.05) is 0 Å². The molecule has 0 radical (unpaired) electrons. The van der Waals surface area contributed by atoms with Crippen molar-refractivity contribution in [1.29, 1.82) is 0 Å². The average molecular weight is 240 g/mol. The summed E-state index contributed by atoms with van der Waals surface area (Å²) in [5.41, 5.74) is 0.143. The fourth-order valence-electron chi connectivity index (χ4n) is 2.68. The fourth-order valence-corrected chi connectivity index (χ4v) is 2.68. The molecule has 0 unspecified atom stereocenters. The van der Waals surface area contributed by atoms with Gasteiger partial charge in [0.05, 0.1) is 0 Å². The molecule has 0 aromatic rings. The second kappa shape index (κ2) is 4.48. The van der Waals surface area contributed by atoms with Crippen molar-refractivity contribution < 1.29 is 9.53 Å². The molecule has 1 amide bonds. The Labute approximate surface area is 103 Å². The van der Waals surface area contributed by atoms with Gasteiger partial charge in [0.1, 0.15) is 5.60 Å². The lowest BCUT2D eigenvalue weighted by Gasteiger charge is -2.47. The molecule has 1 saturated heterocycles. The smallest absolute Gasteiger partial charge is 0.407 e. The monoisotopic (exact) mass is 240 g/mol. The van der Waals surface area contributed by atoms with Crippen LogP contribution >= 0.6 is 0 Å². The van der Waals surface area contributed by atoms with E-state index in [4.69, 9.17) is 4.74 Å². The van der Waals surface area contributed by atoms with Crippen LogP contribution in [0.4, 0.5) is 4.79 Å². The van der Waals surface area contributed by atoms with E-state index in [1.165, 1.54) is 12.8 Å². The van der Waals surface area contributed by atoms with Crippen LogP contribution in [0.3, 0.4) is 0 Å². The Kier molecular flexibility index (Phi) is 3.34. The minimum absolute atomic E-state index is 0.273. The SMILES string of the molecule is CC(C)(C)OC(=O)NC1CCC2(CC1)CNC2. The molecule has 17 heavy (non-hydrogen) atoms. The number of ether oxygens (including phenoxy) is 1. The first-order chi connectivity index (χ1) is 7.89. The highest BCUT2D eigenvalue weighted by Crippen LogP contribution is 2.39. The van der Waals surface area contributed by atoms with Crippen molar-refractivity contribution >= 4 is 6.09 Å². The summed E-state index contributed by atoms with van der Waals surface area (Å²) in [4.78, 5) is 11.6. The molecule has 1 saturated carbocycles. The molecule has 1 aliphatic heterocycles. The van der Waals surface area contributed by atoms with Crippen LogP contribution in [0.5, 0.6) is 0 Å². The lowest BCUT2D eigenvalue weighted by Crippen LogP contribution is -2.56. The van der Waals surface area contributed by atoms with Crippen molar-refractivity contribution in [2.75, 3.05) is 13.1 Å². The van der Waals surface area contributed by atoms with Gasteiger partial charge in [-0.25, -0.2) is 4.79 Å². The molecule has 0 atom stereocenters. The van der Waals surface area contributed by atoms with E-state index in [0.717, 1.165) is 25.9 Å². The van der Waals surface area contributed by atoms with Crippen molar-refractivity contribution in [2.45, 2.75) is 58.1 Å². The van der Waals surface area contributed by atoms with Crippen LogP contribution in [-0.2, 0) is 4.74 Å².